The normalized spacial score (nSPS) is 18.9. The van der Waals surface area contributed by atoms with Crippen molar-refractivity contribution in [1.82, 2.24) is 9.79 Å². The maximum absolute atomic E-state index is 13.8. The van der Waals surface area contributed by atoms with Gasteiger partial charge in [0, 0.05) is 56.0 Å². The summed E-state index contributed by atoms with van der Waals surface area (Å²) in [5, 5.41) is 13.4. The molecule has 1 aromatic carbocycles. The van der Waals surface area contributed by atoms with E-state index < -0.39 is 20.7 Å². The zero-order chi connectivity index (χ0) is 24.9. The van der Waals surface area contributed by atoms with Crippen LogP contribution in [0.4, 0.5) is 11.4 Å². The lowest BCUT2D eigenvalue weighted by Crippen LogP contribution is -2.63. The molecule has 0 radical (unpaired) electrons. The number of hydrogen-bond donors (Lipinski definition) is 2. The van der Waals surface area contributed by atoms with Crippen LogP contribution in [0.1, 0.15) is 32.6 Å². The van der Waals surface area contributed by atoms with Crippen molar-refractivity contribution in [3.05, 3.63) is 41.1 Å². The summed E-state index contributed by atoms with van der Waals surface area (Å²) in [7, 11) is -3.98. The Bertz CT molecular complexity index is 1060. The largest absolute Gasteiger partial charge is 0.494 e. The summed E-state index contributed by atoms with van der Waals surface area (Å²) in [6, 6.07) is 9.85. The minimum atomic E-state index is -3.98. The van der Waals surface area contributed by atoms with E-state index in [2.05, 4.69) is 16.7 Å². The zero-order valence-corrected chi connectivity index (χ0v) is 21.7. The van der Waals surface area contributed by atoms with Crippen molar-refractivity contribution in [2.45, 2.75) is 37.4 Å². The van der Waals surface area contributed by atoms with Gasteiger partial charge in [0.05, 0.1) is 6.61 Å². The summed E-state index contributed by atoms with van der Waals surface area (Å²) in [6.07, 6.45) is 2.34. The predicted octanol–water partition coefficient (Wildman–Crippen LogP) is 2.92. The fourth-order valence-corrected chi connectivity index (χ4v) is 7.57. The van der Waals surface area contributed by atoms with E-state index in [0.29, 0.717) is 32.8 Å². The summed E-state index contributed by atoms with van der Waals surface area (Å²) in [4.78, 5) is 17.0. The smallest absolute Gasteiger partial charge is 0.266 e. The number of amides is 1. The van der Waals surface area contributed by atoms with Crippen molar-refractivity contribution in [3.63, 3.8) is 0 Å². The summed E-state index contributed by atoms with van der Waals surface area (Å²) in [5.74, 6) is -0.0160. The average molecular weight is 523 g/mol. The lowest BCUT2D eigenvalue weighted by molar-refractivity contribution is -0.132. The van der Waals surface area contributed by atoms with E-state index >= 15 is 0 Å². The highest BCUT2D eigenvalue weighted by atomic mass is 32.2. The van der Waals surface area contributed by atoms with Crippen LogP contribution in [0.2, 0.25) is 0 Å². The number of sulfonamides is 1. The maximum atomic E-state index is 13.8. The van der Waals surface area contributed by atoms with Gasteiger partial charge in [-0.25, -0.2) is 13.9 Å². The molecule has 2 saturated heterocycles. The number of hydroxylamine groups is 1. The van der Waals surface area contributed by atoms with Crippen LogP contribution in [0, 0.1) is 0 Å². The molecule has 2 N–H and O–H groups in total. The van der Waals surface area contributed by atoms with Crippen LogP contribution in [0.5, 0.6) is 5.75 Å². The molecule has 0 spiro atoms. The number of unbranched alkanes of at least 4 members (excludes halogenated alkanes) is 1. The van der Waals surface area contributed by atoms with Crippen molar-refractivity contribution >= 4 is 38.6 Å². The number of piperazine rings is 1. The van der Waals surface area contributed by atoms with Crippen LogP contribution >= 0.6 is 11.3 Å². The first-order chi connectivity index (χ1) is 16.9. The van der Waals surface area contributed by atoms with Crippen molar-refractivity contribution < 1.29 is 23.2 Å². The molecular formula is C24H34N4O5S2. The Morgan fingerprint density at radius 3 is 2.26 bits per heavy atom. The number of rotatable bonds is 9. The number of thiophene rings is 1. The van der Waals surface area contributed by atoms with Gasteiger partial charge in [-0.05, 0) is 55.0 Å². The number of piperidine rings is 1. The van der Waals surface area contributed by atoms with Crippen molar-refractivity contribution in [2.75, 3.05) is 55.7 Å². The summed E-state index contributed by atoms with van der Waals surface area (Å²) in [6.45, 7) is 5.28. The first-order valence-corrected chi connectivity index (χ1v) is 14.5. The molecule has 4 rings (SSSR count). The Morgan fingerprint density at radius 1 is 1.03 bits per heavy atom. The van der Waals surface area contributed by atoms with Gasteiger partial charge in [-0.3, -0.25) is 10.0 Å². The molecule has 1 amide bonds. The number of benzene rings is 1. The van der Waals surface area contributed by atoms with Crippen molar-refractivity contribution in [2.24, 2.45) is 0 Å². The Kier molecular flexibility index (Phi) is 8.20. The molecule has 1 aromatic heterocycles. The molecule has 0 saturated carbocycles. The first-order valence-electron chi connectivity index (χ1n) is 12.1. The molecule has 0 atom stereocenters. The van der Waals surface area contributed by atoms with Gasteiger partial charge in [-0.15, -0.1) is 0 Å². The fourth-order valence-electron chi connectivity index (χ4n) is 4.79. The van der Waals surface area contributed by atoms with E-state index in [1.165, 1.54) is 4.31 Å². The molecule has 9 nitrogen and oxygen atoms in total. The van der Waals surface area contributed by atoms with E-state index in [4.69, 9.17) is 4.74 Å². The molecule has 192 valence electrons. The van der Waals surface area contributed by atoms with Gasteiger partial charge < -0.3 is 14.5 Å². The molecule has 2 fully saturated rings. The lowest BCUT2D eigenvalue weighted by atomic mass is 9.94. The van der Waals surface area contributed by atoms with Crippen LogP contribution < -0.4 is 20.0 Å². The predicted molar refractivity (Wildman–Crippen MR) is 138 cm³/mol. The van der Waals surface area contributed by atoms with Crippen LogP contribution in [0.15, 0.2) is 41.1 Å². The van der Waals surface area contributed by atoms with Crippen LogP contribution in [0.3, 0.4) is 0 Å². The Hall–Kier alpha value is -2.34. The zero-order valence-electron chi connectivity index (χ0n) is 20.1. The number of hydrogen-bond acceptors (Lipinski definition) is 8. The minimum absolute atomic E-state index is 0.122. The lowest BCUT2D eigenvalue weighted by Gasteiger charge is -2.44. The number of ether oxygens (including phenoxy) is 1. The van der Waals surface area contributed by atoms with Crippen molar-refractivity contribution in [3.8, 4) is 5.75 Å². The summed E-state index contributed by atoms with van der Waals surface area (Å²) < 4.78 is 33.0. The van der Waals surface area contributed by atoms with Gasteiger partial charge in [-0.2, -0.15) is 15.6 Å². The summed E-state index contributed by atoms with van der Waals surface area (Å²) >= 11 is 1.58. The third-order valence-electron chi connectivity index (χ3n) is 7.00. The summed E-state index contributed by atoms with van der Waals surface area (Å²) in [5.41, 5.74) is 3.68. The molecule has 0 aliphatic carbocycles. The van der Waals surface area contributed by atoms with Gasteiger partial charge in [0.15, 0.2) is 4.75 Å². The number of carbonyl (C=O) groups excluding carboxylic acids is 1. The van der Waals surface area contributed by atoms with Gasteiger partial charge in [0.2, 0.25) is 10.0 Å². The maximum Gasteiger partial charge on any atom is 0.266 e. The van der Waals surface area contributed by atoms with Crippen LogP contribution in [0.25, 0.3) is 0 Å². The molecule has 2 aliphatic heterocycles. The van der Waals surface area contributed by atoms with E-state index in [1.54, 1.807) is 16.8 Å². The van der Waals surface area contributed by atoms with E-state index in [9.17, 15) is 18.4 Å². The number of anilines is 2. The monoisotopic (exact) mass is 522 g/mol. The molecule has 0 unspecified atom stereocenters. The van der Waals surface area contributed by atoms with Crippen LogP contribution in [-0.4, -0.2) is 74.5 Å². The van der Waals surface area contributed by atoms with Gasteiger partial charge in [-0.1, -0.05) is 13.3 Å². The minimum Gasteiger partial charge on any atom is -0.494 e. The topological polar surface area (TPSA) is 102 Å². The molecule has 2 aromatic rings. The standard InChI is InChI=1S/C24H34N4O5S2/c1-2-3-17-33-22-6-4-20(5-7-22)27-13-15-28(16-14-27)35(31,32)24(23(29)25-30)9-11-26(12-10-24)21-8-18-34-19-21/h4-8,18-19,30H,2-3,9-17H2,1H3,(H,25,29). The molecule has 0 bridgehead atoms. The van der Waals surface area contributed by atoms with E-state index in [0.717, 1.165) is 30.0 Å². The molecule has 3 heterocycles. The quantitative estimate of drug-likeness (QED) is 0.297. The fraction of sp³-hybridized carbons (Fsp3) is 0.542. The SMILES string of the molecule is CCCCOc1ccc(N2CCN(S(=O)(=O)C3(C(=O)NO)CCN(c4ccsc4)CC3)CC2)cc1. The highest BCUT2D eigenvalue weighted by molar-refractivity contribution is 7.91. The second kappa shape index (κ2) is 11.2. The van der Waals surface area contributed by atoms with Crippen LogP contribution in [-0.2, 0) is 14.8 Å². The Balaban J connectivity index is 1.41. The highest BCUT2D eigenvalue weighted by Gasteiger charge is 2.55. The van der Waals surface area contributed by atoms with Gasteiger partial charge in [0.25, 0.3) is 5.91 Å². The van der Waals surface area contributed by atoms with Gasteiger partial charge >= 0.3 is 0 Å². The third-order valence-corrected chi connectivity index (χ3v) is 10.3. The second-order valence-corrected chi connectivity index (χ2v) is 12.0. The van der Waals surface area contributed by atoms with E-state index in [-0.39, 0.29) is 25.9 Å². The Morgan fingerprint density at radius 2 is 1.69 bits per heavy atom. The molecular weight excluding hydrogens is 488 g/mol. The second-order valence-electron chi connectivity index (χ2n) is 8.99. The average Bonchev–Trinajstić information content (AvgIpc) is 3.44. The third kappa shape index (κ3) is 5.28. The highest BCUT2D eigenvalue weighted by Crippen LogP contribution is 2.36. The Labute approximate surface area is 211 Å². The molecule has 11 heteroatoms. The van der Waals surface area contributed by atoms with E-state index in [1.807, 2.05) is 41.1 Å². The first kappa shape index (κ1) is 25.7. The number of carbonyl (C=O) groups is 1. The number of nitrogens with one attached hydrogen (secondary N) is 1. The number of nitrogens with zero attached hydrogens (tertiary/aromatic N) is 3. The molecule has 35 heavy (non-hydrogen) atoms. The van der Waals surface area contributed by atoms with Crippen molar-refractivity contribution in [1.29, 1.82) is 0 Å². The van der Waals surface area contributed by atoms with Gasteiger partial charge in [0.1, 0.15) is 5.75 Å². The molecule has 2 aliphatic rings.